The van der Waals surface area contributed by atoms with E-state index in [0.29, 0.717) is 6.54 Å². The molecule has 1 amide bonds. The lowest BCUT2D eigenvalue weighted by Crippen LogP contribution is -2.29. The maximum absolute atomic E-state index is 11.9. The number of benzene rings is 1. The van der Waals surface area contributed by atoms with E-state index in [1.807, 2.05) is 12.1 Å². The number of carbonyl (C=O) groups excluding carboxylic acids is 1. The smallest absolute Gasteiger partial charge is 0.237 e. The lowest BCUT2D eigenvalue weighted by atomic mass is 10.1. The first-order chi connectivity index (χ1) is 10.9. The van der Waals surface area contributed by atoms with Crippen molar-refractivity contribution in [3.05, 3.63) is 29.8 Å². The Morgan fingerprint density at radius 2 is 1.74 bits per heavy atom. The minimum atomic E-state index is -3.68. The van der Waals surface area contributed by atoms with Gasteiger partial charge in [-0.3, -0.25) is 4.79 Å². The molecular weight excluding hydrogens is 336 g/mol. The minimum absolute atomic E-state index is 0.0162. The predicted octanol–water partition coefficient (Wildman–Crippen LogP) is 2.35. The first kappa shape index (κ1) is 16.6. The molecule has 1 unspecified atom stereocenters. The van der Waals surface area contributed by atoms with Gasteiger partial charge in [-0.15, -0.1) is 0 Å². The molecule has 2 saturated heterocycles. The Kier molecular flexibility index (Phi) is 4.82. The van der Waals surface area contributed by atoms with E-state index in [4.69, 9.17) is 10.7 Å². The molecule has 126 valence electrons. The molecule has 0 aromatic heterocycles. The monoisotopic (exact) mass is 356 g/mol. The van der Waals surface area contributed by atoms with Gasteiger partial charge >= 0.3 is 0 Å². The van der Waals surface area contributed by atoms with Crippen LogP contribution in [0, 0.1) is 0 Å². The van der Waals surface area contributed by atoms with Gasteiger partial charge in [-0.05, 0) is 37.0 Å². The second-order valence-corrected chi connectivity index (χ2v) is 9.20. The van der Waals surface area contributed by atoms with Gasteiger partial charge in [0.1, 0.15) is 5.25 Å². The first-order valence-electron chi connectivity index (χ1n) is 7.98. The molecule has 1 atom stereocenters. The maximum Gasteiger partial charge on any atom is 0.237 e. The van der Waals surface area contributed by atoms with Crippen molar-refractivity contribution in [2.24, 2.45) is 0 Å². The first-order valence-corrected chi connectivity index (χ1v) is 10.4. The van der Waals surface area contributed by atoms with Crippen molar-refractivity contribution in [2.45, 2.75) is 37.5 Å². The molecule has 0 bridgehead atoms. The van der Waals surface area contributed by atoms with Gasteiger partial charge in [-0.2, -0.15) is 0 Å². The zero-order valence-electron chi connectivity index (χ0n) is 12.9. The van der Waals surface area contributed by atoms with Gasteiger partial charge in [0.25, 0.3) is 0 Å². The summed E-state index contributed by atoms with van der Waals surface area (Å²) in [4.78, 5) is 15.9. The van der Waals surface area contributed by atoms with Crippen LogP contribution in [0.3, 0.4) is 0 Å². The number of amides is 1. The van der Waals surface area contributed by atoms with Crippen molar-refractivity contribution in [2.75, 3.05) is 24.5 Å². The van der Waals surface area contributed by atoms with E-state index in [1.54, 1.807) is 4.90 Å². The molecule has 1 aromatic rings. The van der Waals surface area contributed by atoms with E-state index in [2.05, 4.69) is 17.0 Å². The van der Waals surface area contributed by atoms with Gasteiger partial charge < -0.3 is 9.80 Å². The molecule has 5 nitrogen and oxygen atoms in total. The SMILES string of the molecule is O=C1CC(S(=O)(=O)Cl)CN1Cc1ccc(N2CCCCC2)cc1. The summed E-state index contributed by atoms with van der Waals surface area (Å²) in [5, 5.41) is -0.788. The molecule has 3 rings (SSSR count). The molecule has 23 heavy (non-hydrogen) atoms. The Morgan fingerprint density at radius 1 is 1.09 bits per heavy atom. The summed E-state index contributed by atoms with van der Waals surface area (Å²) in [7, 11) is 1.69. The standard InChI is InChI=1S/C16H21ClN2O3S/c17-23(21,22)15-10-16(20)19(12-15)11-13-4-6-14(7-5-13)18-8-2-1-3-9-18/h4-7,15H,1-3,8-12H2. The molecule has 0 N–H and O–H groups in total. The molecule has 1 aromatic carbocycles. The van der Waals surface area contributed by atoms with Gasteiger partial charge in [0.15, 0.2) is 0 Å². The summed E-state index contributed by atoms with van der Waals surface area (Å²) < 4.78 is 22.8. The Hall–Kier alpha value is -1.27. The highest BCUT2D eigenvalue weighted by Crippen LogP contribution is 2.24. The van der Waals surface area contributed by atoms with E-state index in [-0.39, 0.29) is 18.9 Å². The highest BCUT2D eigenvalue weighted by atomic mass is 35.7. The van der Waals surface area contributed by atoms with Crippen LogP contribution in [0.15, 0.2) is 24.3 Å². The van der Waals surface area contributed by atoms with E-state index in [0.717, 1.165) is 18.7 Å². The summed E-state index contributed by atoms with van der Waals surface area (Å²) in [6.07, 6.45) is 3.75. The van der Waals surface area contributed by atoms with Crippen molar-refractivity contribution in [1.29, 1.82) is 0 Å². The van der Waals surface area contributed by atoms with Crippen LogP contribution in [0.5, 0.6) is 0 Å². The molecule has 2 heterocycles. The average molecular weight is 357 g/mol. The number of halogens is 1. The fourth-order valence-corrected chi connectivity index (χ4v) is 4.32. The van der Waals surface area contributed by atoms with Crippen LogP contribution in [-0.2, 0) is 20.4 Å². The third-order valence-corrected chi connectivity index (χ3v) is 6.48. The quantitative estimate of drug-likeness (QED) is 0.777. The fourth-order valence-electron chi connectivity index (χ4n) is 3.26. The molecule has 2 aliphatic rings. The lowest BCUT2D eigenvalue weighted by Gasteiger charge is -2.29. The highest BCUT2D eigenvalue weighted by Gasteiger charge is 2.37. The highest BCUT2D eigenvalue weighted by molar-refractivity contribution is 8.14. The number of likely N-dealkylation sites (tertiary alicyclic amines) is 1. The minimum Gasteiger partial charge on any atom is -0.372 e. The predicted molar refractivity (Wildman–Crippen MR) is 91.1 cm³/mol. The molecule has 2 aliphatic heterocycles. The lowest BCUT2D eigenvalue weighted by molar-refractivity contribution is -0.128. The second-order valence-electron chi connectivity index (χ2n) is 6.29. The Morgan fingerprint density at radius 3 is 2.30 bits per heavy atom. The number of nitrogens with zero attached hydrogens (tertiary/aromatic N) is 2. The van der Waals surface area contributed by atoms with Crippen LogP contribution < -0.4 is 4.90 Å². The van der Waals surface area contributed by atoms with Crippen molar-refractivity contribution in [3.8, 4) is 0 Å². The normalized spacial score (nSPS) is 22.7. The van der Waals surface area contributed by atoms with Crippen molar-refractivity contribution < 1.29 is 13.2 Å². The molecule has 2 fully saturated rings. The van der Waals surface area contributed by atoms with Crippen LogP contribution in [0.2, 0.25) is 0 Å². The number of piperidine rings is 1. The van der Waals surface area contributed by atoms with Gasteiger partial charge in [-0.1, -0.05) is 12.1 Å². The summed E-state index contributed by atoms with van der Waals surface area (Å²) in [6.45, 7) is 2.80. The maximum atomic E-state index is 11.9. The number of hydrogen-bond donors (Lipinski definition) is 0. The Labute approximate surface area is 141 Å². The average Bonchev–Trinajstić information content (AvgIpc) is 2.90. The topological polar surface area (TPSA) is 57.7 Å². The summed E-state index contributed by atoms with van der Waals surface area (Å²) in [6, 6.07) is 8.19. The molecule has 0 spiro atoms. The summed E-state index contributed by atoms with van der Waals surface area (Å²) in [5.74, 6) is -0.153. The number of anilines is 1. The van der Waals surface area contributed by atoms with Crippen molar-refractivity contribution >= 4 is 31.3 Å². The molecule has 0 aliphatic carbocycles. The number of carbonyl (C=O) groups is 1. The number of rotatable bonds is 4. The zero-order chi connectivity index (χ0) is 16.4. The van der Waals surface area contributed by atoms with Crippen molar-refractivity contribution in [3.63, 3.8) is 0 Å². The number of hydrogen-bond acceptors (Lipinski definition) is 4. The van der Waals surface area contributed by atoms with Crippen molar-refractivity contribution in [1.82, 2.24) is 4.90 Å². The van der Waals surface area contributed by atoms with E-state index >= 15 is 0 Å². The van der Waals surface area contributed by atoms with Gasteiger partial charge in [0.2, 0.25) is 15.0 Å². The summed E-state index contributed by atoms with van der Waals surface area (Å²) in [5.41, 5.74) is 2.22. The second kappa shape index (κ2) is 6.69. The van der Waals surface area contributed by atoms with Crippen LogP contribution in [-0.4, -0.2) is 44.1 Å². The van der Waals surface area contributed by atoms with Crippen LogP contribution in [0.4, 0.5) is 5.69 Å². The molecule has 0 saturated carbocycles. The zero-order valence-corrected chi connectivity index (χ0v) is 14.5. The third-order valence-electron chi connectivity index (χ3n) is 4.61. The fraction of sp³-hybridized carbons (Fsp3) is 0.562. The Bertz CT molecular complexity index is 669. The van der Waals surface area contributed by atoms with Crippen LogP contribution in [0.25, 0.3) is 0 Å². The van der Waals surface area contributed by atoms with Gasteiger partial charge in [0.05, 0.1) is 0 Å². The molecular formula is C16H21ClN2O3S. The third kappa shape index (κ3) is 3.98. The van der Waals surface area contributed by atoms with E-state index < -0.39 is 14.3 Å². The summed E-state index contributed by atoms with van der Waals surface area (Å²) >= 11 is 0. The van der Waals surface area contributed by atoms with Crippen LogP contribution >= 0.6 is 10.7 Å². The largest absolute Gasteiger partial charge is 0.372 e. The van der Waals surface area contributed by atoms with E-state index in [1.165, 1.54) is 24.9 Å². The van der Waals surface area contributed by atoms with E-state index in [9.17, 15) is 13.2 Å². The molecule has 0 radical (unpaired) electrons. The Balaban J connectivity index is 1.63. The molecule has 7 heteroatoms. The van der Waals surface area contributed by atoms with Crippen LogP contribution in [0.1, 0.15) is 31.2 Å². The van der Waals surface area contributed by atoms with Gasteiger partial charge in [0, 0.05) is 49.0 Å². The van der Waals surface area contributed by atoms with Gasteiger partial charge in [-0.25, -0.2) is 8.42 Å².